The summed E-state index contributed by atoms with van der Waals surface area (Å²) in [5.41, 5.74) is 6.64. The fourth-order valence-corrected chi connectivity index (χ4v) is 4.13. The zero-order valence-corrected chi connectivity index (χ0v) is 25.4. The van der Waals surface area contributed by atoms with Crippen molar-refractivity contribution in [2.24, 2.45) is 0 Å². The molecule has 2 heterocycles. The first-order valence-electron chi connectivity index (χ1n) is 14.9. The number of hydrogen-bond donors (Lipinski definition) is 5. The summed E-state index contributed by atoms with van der Waals surface area (Å²) in [5.74, 6) is -1.89. The lowest BCUT2D eigenvalue weighted by Gasteiger charge is -2.14. The first kappa shape index (κ1) is 35.0. The van der Waals surface area contributed by atoms with Crippen LogP contribution < -0.4 is 21.9 Å². The van der Waals surface area contributed by atoms with Crippen LogP contribution in [0.2, 0.25) is 0 Å². The number of fused-ring (bicyclic) bond motifs is 1. The Labute approximate surface area is 260 Å². The van der Waals surface area contributed by atoms with Crippen LogP contribution in [0.1, 0.15) is 61.5 Å². The van der Waals surface area contributed by atoms with Crippen LogP contribution in [0, 0.1) is 0 Å². The Morgan fingerprint density at radius 2 is 1.64 bits per heavy atom. The highest BCUT2D eigenvalue weighted by Gasteiger charge is 2.21. The third-order valence-corrected chi connectivity index (χ3v) is 6.51. The number of ether oxygens (including phenoxy) is 3. The number of aliphatic carboxylic acids is 1. The summed E-state index contributed by atoms with van der Waals surface area (Å²) in [5, 5.41) is 15.2. The quantitative estimate of drug-likeness (QED) is 0.101. The number of aromatic amines is 1. The number of carbonyl (C=O) groups excluding carboxylic acids is 2. The minimum atomic E-state index is -1.21. The van der Waals surface area contributed by atoms with Crippen LogP contribution in [-0.4, -0.2) is 88.4 Å². The number of nitrogens with zero attached hydrogens (tertiary/aromatic N) is 3. The molecule has 0 fully saturated rings. The fraction of sp³-hybridized carbons (Fsp3) is 0.500. The number of carboxylic acid groups (broad SMARTS) is 1. The first-order valence-corrected chi connectivity index (χ1v) is 14.9. The second kappa shape index (κ2) is 19.0. The van der Waals surface area contributed by atoms with Gasteiger partial charge in [-0.25, -0.2) is 14.8 Å². The number of anilines is 2. The fourth-order valence-electron chi connectivity index (χ4n) is 4.13. The van der Waals surface area contributed by atoms with E-state index >= 15 is 0 Å². The predicted molar refractivity (Wildman–Crippen MR) is 166 cm³/mol. The molecule has 0 radical (unpaired) electrons. The van der Waals surface area contributed by atoms with Crippen molar-refractivity contribution in [3.05, 3.63) is 52.1 Å². The van der Waals surface area contributed by atoms with Gasteiger partial charge < -0.3 is 35.7 Å². The number of nitrogens with two attached hydrogens (primary N) is 1. The molecule has 1 aromatic carbocycles. The highest BCUT2D eigenvalue weighted by molar-refractivity contribution is 5.97. The van der Waals surface area contributed by atoms with Crippen molar-refractivity contribution < 1.29 is 33.7 Å². The van der Waals surface area contributed by atoms with Gasteiger partial charge in [-0.15, -0.1) is 0 Å². The molecule has 0 aliphatic rings. The molecule has 45 heavy (non-hydrogen) atoms. The number of hydrogen-bond acceptors (Lipinski definition) is 12. The van der Waals surface area contributed by atoms with Crippen molar-refractivity contribution in [3.8, 4) is 0 Å². The Kier molecular flexibility index (Phi) is 14.8. The molecule has 0 unspecified atom stereocenters. The maximum Gasteiger partial charge on any atom is 0.326 e. The highest BCUT2D eigenvalue weighted by atomic mass is 16.5. The molecule has 0 saturated heterocycles. The largest absolute Gasteiger partial charge is 0.480 e. The van der Waals surface area contributed by atoms with Gasteiger partial charge in [0.05, 0.1) is 44.9 Å². The number of unbranched alkanes of at least 4 members (excludes halogenated alkanes) is 1. The molecule has 2 aromatic heterocycles. The topological polar surface area (TPSA) is 221 Å². The van der Waals surface area contributed by atoms with Crippen LogP contribution in [-0.2, 0) is 30.3 Å². The minimum Gasteiger partial charge on any atom is -0.480 e. The van der Waals surface area contributed by atoms with E-state index in [9.17, 15) is 24.3 Å². The molecule has 244 valence electrons. The molecule has 15 nitrogen and oxygen atoms in total. The van der Waals surface area contributed by atoms with Crippen LogP contribution in [0.4, 0.5) is 11.6 Å². The lowest BCUT2D eigenvalue weighted by Crippen LogP contribution is -2.41. The van der Waals surface area contributed by atoms with E-state index in [0.29, 0.717) is 63.7 Å². The van der Waals surface area contributed by atoms with Crippen LogP contribution in [0.25, 0.3) is 11.2 Å². The molecule has 1 atom stereocenters. The third-order valence-electron chi connectivity index (χ3n) is 6.51. The number of amides is 1. The number of benzene rings is 1. The lowest BCUT2D eigenvalue weighted by atomic mass is 10.0. The number of aromatic nitrogens is 4. The summed E-state index contributed by atoms with van der Waals surface area (Å²) in [6.45, 7) is 5.59. The average molecular weight is 628 g/mol. The van der Waals surface area contributed by atoms with Gasteiger partial charge in [-0.3, -0.25) is 19.4 Å². The van der Waals surface area contributed by atoms with Crippen molar-refractivity contribution in [3.63, 3.8) is 0 Å². The van der Waals surface area contributed by atoms with E-state index in [1.807, 2.05) is 6.92 Å². The molecular weight excluding hydrogens is 586 g/mol. The SMILES string of the molecule is CCCOCCOCCOCCCCC(=O)CC[C@H](NC(=O)c1ccc(NCc2cnc3nc(N)[nH]c(=O)c3n2)cc1)C(=O)O. The summed E-state index contributed by atoms with van der Waals surface area (Å²) in [6.07, 6.45) is 4.14. The standard InChI is InChI=1S/C30H41N7O8/c1-2-12-43-14-16-45-17-15-44-13-4-3-5-23(38)10-11-24(29(41)42)35-27(39)20-6-8-21(9-7-20)32-18-22-19-33-26-25(34-22)28(40)37-30(31)36-26/h6-9,19,24,32H,2-5,10-18H2,1H3,(H,35,39)(H,41,42)(H3,31,33,36,37,40)/t24-/m0/s1. The predicted octanol–water partition coefficient (Wildman–Crippen LogP) is 2.07. The monoisotopic (exact) mass is 627 g/mol. The van der Waals surface area contributed by atoms with Gasteiger partial charge in [0.2, 0.25) is 5.95 Å². The van der Waals surface area contributed by atoms with Crippen LogP contribution >= 0.6 is 0 Å². The highest BCUT2D eigenvalue weighted by Crippen LogP contribution is 2.13. The zero-order valence-electron chi connectivity index (χ0n) is 25.4. The number of carbonyl (C=O) groups is 3. The van der Waals surface area contributed by atoms with Crippen molar-refractivity contribution in [1.29, 1.82) is 0 Å². The van der Waals surface area contributed by atoms with E-state index in [4.69, 9.17) is 19.9 Å². The Morgan fingerprint density at radius 3 is 2.33 bits per heavy atom. The van der Waals surface area contributed by atoms with Gasteiger partial charge in [0.25, 0.3) is 11.5 Å². The van der Waals surface area contributed by atoms with Gasteiger partial charge in [-0.1, -0.05) is 6.92 Å². The van der Waals surface area contributed by atoms with E-state index in [1.54, 1.807) is 24.3 Å². The van der Waals surface area contributed by atoms with E-state index < -0.39 is 23.5 Å². The molecule has 0 saturated carbocycles. The van der Waals surface area contributed by atoms with Gasteiger partial charge >= 0.3 is 5.97 Å². The van der Waals surface area contributed by atoms with Crippen LogP contribution in [0.5, 0.6) is 0 Å². The second-order valence-electron chi connectivity index (χ2n) is 10.2. The van der Waals surface area contributed by atoms with Crippen molar-refractivity contribution in [1.82, 2.24) is 25.3 Å². The maximum absolute atomic E-state index is 12.7. The van der Waals surface area contributed by atoms with Gasteiger partial charge in [-0.2, -0.15) is 4.98 Å². The Morgan fingerprint density at radius 1 is 0.956 bits per heavy atom. The van der Waals surface area contributed by atoms with Gasteiger partial charge in [0.1, 0.15) is 11.8 Å². The number of nitrogens with one attached hydrogen (secondary N) is 3. The Hall–Kier alpha value is -4.47. The van der Waals surface area contributed by atoms with Gasteiger partial charge in [0, 0.05) is 37.3 Å². The number of rotatable bonds is 22. The Bertz CT molecular complexity index is 1450. The van der Waals surface area contributed by atoms with Crippen LogP contribution in [0.15, 0.2) is 35.3 Å². The van der Waals surface area contributed by atoms with Crippen molar-refractivity contribution in [2.75, 3.05) is 50.7 Å². The summed E-state index contributed by atoms with van der Waals surface area (Å²) < 4.78 is 16.2. The molecule has 0 aliphatic carbocycles. The molecule has 3 aromatic rings. The molecule has 0 bridgehead atoms. The molecule has 1 amide bonds. The summed E-state index contributed by atoms with van der Waals surface area (Å²) in [6, 6.07) is 5.19. The van der Waals surface area contributed by atoms with E-state index in [1.165, 1.54) is 6.20 Å². The number of ketones is 1. The molecule has 0 aliphatic heterocycles. The molecule has 15 heteroatoms. The molecule has 6 N–H and O–H groups in total. The van der Waals surface area contributed by atoms with E-state index in [-0.39, 0.29) is 47.8 Å². The minimum absolute atomic E-state index is 0.00685. The van der Waals surface area contributed by atoms with Crippen molar-refractivity contribution in [2.45, 2.75) is 58.0 Å². The summed E-state index contributed by atoms with van der Waals surface area (Å²) >= 11 is 0. The number of H-pyrrole nitrogens is 1. The summed E-state index contributed by atoms with van der Waals surface area (Å²) in [4.78, 5) is 63.4. The number of carboxylic acids is 1. The number of Topliss-reactive ketones (excluding diaryl/α,β-unsaturated/α-hetero) is 1. The van der Waals surface area contributed by atoms with E-state index in [2.05, 4.69) is 30.6 Å². The normalized spacial score (nSPS) is 11.8. The second-order valence-corrected chi connectivity index (χ2v) is 10.2. The average Bonchev–Trinajstić information content (AvgIpc) is 3.02. The Balaban J connectivity index is 1.33. The van der Waals surface area contributed by atoms with Gasteiger partial charge in [-0.05, 0) is 49.9 Å². The summed E-state index contributed by atoms with van der Waals surface area (Å²) in [7, 11) is 0. The maximum atomic E-state index is 12.7. The van der Waals surface area contributed by atoms with Gasteiger partial charge in [0.15, 0.2) is 11.2 Å². The molecule has 0 spiro atoms. The van der Waals surface area contributed by atoms with Crippen molar-refractivity contribution >= 4 is 40.5 Å². The molecular formula is C30H41N7O8. The van der Waals surface area contributed by atoms with Crippen LogP contribution in [0.3, 0.4) is 0 Å². The molecule has 3 rings (SSSR count). The van der Waals surface area contributed by atoms with E-state index in [0.717, 1.165) is 13.0 Å². The first-order chi connectivity index (χ1) is 21.8. The number of nitrogen functional groups attached to an aromatic ring is 1. The zero-order chi connectivity index (χ0) is 32.4. The smallest absolute Gasteiger partial charge is 0.326 e. The third kappa shape index (κ3) is 12.6. The lowest BCUT2D eigenvalue weighted by molar-refractivity contribution is -0.139.